The maximum Gasteiger partial charge on any atom is 0.178 e. The Kier molecular flexibility index (Phi) is 5.84. The fourth-order valence-electron chi connectivity index (χ4n) is 9.64. The van der Waals surface area contributed by atoms with Gasteiger partial charge in [0.1, 0.15) is 12.1 Å². The second kappa shape index (κ2) is 8.59. The number of pyridine rings is 1. The highest BCUT2D eigenvalue weighted by molar-refractivity contribution is 5.83. The Balaban J connectivity index is 1.23. The summed E-state index contributed by atoms with van der Waals surface area (Å²) in [5.74, 6) is 2.81. The van der Waals surface area contributed by atoms with Gasteiger partial charge in [0.05, 0.1) is 12.2 Å². The molecule has 6 rings (SSSR count). The van der Waals surface area contributed by atoms with Gasteiger partial charge in [-0.15, -0.1) is 5.10 Å². The molecule has 1 N–H and O–H groups in total. The largest absolute Gasteiger partial charge is 0.390 e. The fraction of sp³-hybridized carbons (Fsp3) is 0.793. The lowest BCUT2D eigenvalue weighted by Crippen LogP contribution is -2.58. The van der Waals surface area contributed by atoms with Crippen LogP contribution in [0.1, 0.15) is 77.2 Å². The molecule has 0 spiro atoms. The van der Waals surface area contributed by atoms with Gasteiger partial charge in [-0.1, -0.05) is 12.1 Å². The highest BCUT2D eigenvalue weighted by Gasteiger charge is 2.63. The molecule has 7 nitrogen and oxygen atoms in total. The van der Waals surface area contributed by atoms with E-state index in [4.69, 9.17) is 4.74 Å². The predicted molar refractivity (Wildman–Crippen MR) is 137 cm³/mol. The van der Waals surface area contributed by atoms with Gasteiger partial charge in [0.25, 0.3) is 0 Å². The molecule has 0 bridgehead atoms. The first-order chi connectivity index (χ1) is 17.2. The van der Waals surface area contributed by atoms with Gasteiger partial charge in [0.2, 0.25) is 0 Å². The molecule has 4 aliphatic carbocycles. The van der Waals surface area contributed by atoms with Crippen molar-refractivity contribution >= 4 is 16.9 Å². The summed E-state index contributed by atoms with van der Waals surface area (Å²) >= 11 is 0. The van der Waals surface area contributed by atoms with E-state index in [1.54, 1.807) is 4.68 Å². The summed E-state index contributed by atoms with van der Waals surface area (Å²) < 4.78 is 7.60. The van der Waals surface area contributed by atoms with Crippen molar-refractivity contribution in [3.05, 3.63) is 17.8 Å². The van der Waals surface area contributed by atoms with Gasteiger partial charge in [0, 0.05) is 19.2 Å². The summed E-state index contributed by atoms with van der Waals surface area (Å²) in [7, 11) is 1.85. The first kappa shape index (κ1) is 24.5. The number of rotatable bonds is 5. The standard InChI is InChI=1S/C29H42N4O3/c1-18-13-24-26(30-15-18)33(32-31-24)16-25(34)23-8-7-21-20-6-5-19-14-27(2,35)11-12-29(19,17-36-4)22(20)9-10-28(21,23)3/h13,15,19-23,35H,5-12,14,16-17H2,1-4H3/t19-,20+,21+,22+,23-,27-,28+,29-/m1/s1. The van der Waals surface area contributed by atoms with Crippen molar-refractivity contribution in [2.75, 3.05) is 13.7 Å². The normalized spacial score (nSPS) is 42.1. The van der Waals surface area contributed by atoms with Crippen LogP contribution in [0.2, 0.25) is 0 Å². The average molecular weight is 495 g/mol. The van der Waals surface area contributed by atoms with E-state index >= 15 is 0 Å². The third kappa shape index (κ3) is 3.67. The molecule has 0 amide bonds. The second-order valence-electron chi connectivity index (χ2n) is 13.3. The van der Waals surface area contributed by atoms with E-state index in [1.807, 2.05) is 33.2 Å². The minimum atomic E-state index is -0.540. The smallest absolute Gasteiger partial charge is 0.178 e. The summed E-state index contributed by atoms with van der Waals surface area (Å²) in [5, 5.41) is 19.4. The molecule has 8 atom stereocenters. The molecule has 2 heterocycles. The van der Waals surface area contributed by atoms with E-state index in [1.165, 1.54) is 19.3 Å². The zero-order valence-corrected chi connectivity index (χ0v) is 22.4. The molecule has 0 aromatic carbocycles. The Hall–Kier alpha value is -1.86. The summed E-state index contributed by atoms with van der Waals surface area (Å²) in [6, 6.07) is 1.97. The molecule has 4 fully saturated rings. The first-order valence-electron chi connectivity index (χ1n) is 14.1. The fourth-order valence-corrected chi connectivity index (χ4v) is 9.64. The summed E-state index contributed by atoms with van der Waals surface area (Å²) in [6.07, 6.45) is 11.5. The van der Waals surface area contributed by atoms with Crippen molar-refractivity contribution in [3.8, 4) is 0 Å². The Labute approximate surface area is 214 Å². The lowest BCUT2D eigenvalue weighted by Gasteiger charge is -2.62. The van der Waals surface area contributed by atoms with Gasteiger partial charge in [0.15, 0.2) is 11.4 Å². The average Bonchev–Trinajstić information content (AvgIpc) is 3.39. The number of aromatic nitrogens is 4. The predicted octanol–water partition coefficient (Wildman–Crippen LogP) is 4.74. The van der Waals surface area contributed by atoms with Crippen LogP contribution in [-0.4, -0.2) is 50.2 Å². The summed E-state index contributed by atoms with van der Waals surface area (Å²) in [4.78, 5) is 18.2. The van der Waals surface area contributed by atoms with Crippen LogP contribution in [0.15, 0.2) is 12.3 Å². The zero-order chi connectivity index (χ0) is 25.3. The Morgan fingerprint density at radius 3 is 2.78 bits per heavy atom. The number of carbonyl (C=O) groups excluding carboxylic acids is 1. The molecular weight excluding hydrogens is 452 g/mol. The Morgan fingerprint density at radius 1 is 1.14 bits per heavy atom. The molecule has 0 aliphatic heterocycles. The highest BCUT2D eigenvalue weighted by Crippen LogP contribution is 2.68. The highest BCUT2D eigenvalue weighted by atomic mass is 16.5. The van der Waals surface area contributed by atoms with Gasteiger partial charge in [-0.25, -0.2) is 9.67 Å². The maximum absolute atomic E-state index is 13.7. The lowest BCUT2D eigenvalue weighted by molar-refractivity contribution is -0.175. The number of nitrogens with zero attached hydrogens (tertiary/aromatic N) is 4. The molecule has 4 saturated carbocycles. The number of ether oxygens (including phenoxy) is 1. The van der Waals surface area contributed by atoms with Gasteiger partial charge in [-0.3, -0.25) is 4.79 Å². The zero-order valence-electron chi connectivity index (χ0n) is 22.4. The topological polar surface area (TPSA) is 90.1 Å². The van der Waals surface area contributed by atoms with E-state index in [2.05, 4.69) is 22.2 Å². The summed E-state index contributed by atoms with van der Waals surface area (Å²) in [6.45, 7) is 7.50. The van der Waals surface area contributed by atoms with Crippen LogP contribution < -0.4 is 0 Å². The summed E-state index contributed by atoms with van der Waals surface area (Å²) in [5.41, 5.74) is 2.20. The quantitative estimate of drug-likeness (QED) is 0.646. The number of fused-ring (bicyclic) bond motifs is 6. The lowest BCUT2D eigenvalue weighted by atomic mass is 9.43. The monoisotopic (exact) mass is 494 g/mol. The van der Waals surface area contributed by atoms with Crippen molar-refractivity contribution in [2.45, 2.75) is 90.7 Å². The molecule has 0 radical (unpaired) electrons. The molecule has 4 aliphatic rings. The van der Waals surface area contributed by atoms with Crippen LogP contribution in [0.4, 0.5) is 0 Å². The van der Waals surface area contributed by atoms with Crippen LogP contribution in [0.5, 0.6) is 0 Å². The SMILES string of the molecule is COC[C@]12CC[C@@](C)(O)C[C@H]1CC[C@H]1[C@@H]3CC[C@H](C(=O)Cn4nnc5cc(C)cnc54)[C@@]3(C)CC[C@@H]12. The van der Waals surface area contributed by atoms with E-state index < -0.39 is 5.60 Å². The Morgan fingerprint density at radius 2 is 1.97 bits per heavy atom. The van der Waals surface area contributed by atoms with Gasteiger partial charge in [-0.2, -0.15) is 0 Å². The Bertz CT molecular complexity index is 1160. The van der Waals surface area contributed by atoms with E-state index in [0.717, 1.165) is 56.2 Å². The van der Waals surface area contributed by atoms with Crippen LogP contribution in [-0.2, 0) is 16.1 Å². The second-order valence-corrected chi connectivity index (χ2v) is 13.3. The third-order valence-electron chi connectivity index (χ3n) is 11.2. The number of hydrogen-bond acceptors (Lipinski definition) is 6. The number of carbonyl (C=O) groups is 1. The maximum atomic E-state index is 13.7. The van der Waals surface area contributed by atoms with Crippen LogP contribution in [0, 0.1) is 47.3 Å². The van der Waals surface area contributed by atoms with Gasteiger partial charge in [-0.05, 0) is 118 Å². The van der Waals surface area contributed by atoms with Crippen molar-refractivity contribution < 1.29 is 14.6 Å². The van der Waals surface area contributed by atoms with Crippen molar-refractivity contribution in [1.29, 1.82) is 0 Å². The molecule has 2 aromatic heterocycles. The van der Waals surface area contributed by atoms with Crippen LogP contribution >= 0.6 is 0 Å². The van der Waals surface area contributed by atoms with E-state index in [-0.39, 0.29) is 23.3 Å². The number of ketones is 1. The number of aryl methyl sites for hydroxylation is 1. The first-order valence-corrected chi connectivity index (χ1v) is 14.1. The number of hydrogen-bond donors (Lipinski definition) is 1. The molecular formula is C29H42N4O3. The van der Waals surface area contributed by atoms with Crippen molar-refractivity contribution in [1.82, 2.24) is 20.0 Å². The number of Topliss-reactive ketones (excluding diaryl/α,β-unsaturated/α-hetero) is 1. The third-order valence-corrected chi connectivity index (χ3v) is 11.2. The number of aliphatic hydroxyl groups is 1. The minimum Gasteiger partial charge on any atom is -0.390 e. The molecule has 36 heavy (non-hydrogen) atoms. The van der Waals surface area contributed by atoms with Crippen molar-refractivity contribution in [3.63, 3.8) is 0 Å². The van der Waals surface area contributed by atoms with E-state index in [0.29, 0.717) is 35.1 Å². The van der Waals surface area contributed by atoms with Crippen LogP contribution in [0.3, 0.4) is 0 Å². The number of methoxy groups -OCH3 is 1. The molecule has 2 aromatic rings. The van der Waals surface area contributed by atoms with Crippen molar-refractivity contribution in [2.24, 2.45) is 40.4 Å². The minimum absolute atomic E-state index is 0.0555. The van der Waals surface area contributed by atoms with Gasteiger partial charge >= 0.3 is 0 Å². The van der Waals surface area contributed by atoms with Crippen LogP contribution in [0.25, 0.3) is 11.2 Å². The molecule has 0 unspecified atom stereocenters. The molecule has 196 valence electrons. The van der Waals surface area contributed by atoms with E-state index in [9.17, 15) is 9.90 Å². The molecule has 0 saturated heterocycles. The molecule has 7 heteroatoms. The van der Waals surface area contributed by atoms with Gasteiger partial charge < -0.3 is 9.84 Å².